The molecule has 3 rings (SSSR count). The Morgan fingerprint density at radius 3 is 3.10 bits per heavy atom. The van der Waals surface area contributed by atoms with E-state index in [0.29, 0.717) is 29.4 Å². The molecule has 8 nitrogen and oxygen atoms in total. The number of aromatic nitrogens is 3. The van der Waals surface area contributed by atoms with Crippen molar-refractivity contribution >= 4 is 23.2 Å². The van der Waals surface area contributed by atoms with Gasteiger partial charge in [-0.3, -0.25) is 14.7 Å². The van der Waals surface area contributed by atoms with Crippen LogP contribution in [0.15, 0.2) is 18.2 Å². The summed E-state index contributed by atoms with van der Waals surface area (Å²) < 4.78 is 5.24. The molecule has 2 amide bonds. The number of carbonyl (C=O) groups excluding carboxylic acids is 2. The highest BCUT2D eigenvalue weighted by molar-refractivity contribution is 6.02. The molecule has 3 N–H and O–H groups in total. The smallest absolute Gasteiger partial charge is 0.295 e. The molecule has 1 aromatic carbocycles. The first-order chi connectivity index (χ1) is 10.2. The molecule has 0 saturated heterocycles. The van der Waals surface area contributed by atoms with Crippen molar-refractivity contribution in [2.75, 3.05) is 17.2 Å². The van der Waals surface area contributed by atoms with Gasteiger partial charge in [0, 0.05) is 12.1 Å². The number of rotatable bonds is 3. The van der Waals surface area contributed by atoms with E-state index in [0.717, 1.165) is 0 Å². The molecule has 2 aromatic rings. The van der Waals surface area contributed by atoms with Gasteiger partial charge >= 0.3 is 0 Å². The fourth-order valence-electron chi connectivity index (χ4n) is 1.90. The zero-order valence-electron chi connectivity index (χ0n) is 11.3. The van der Waals surface area contributed by atoms with Crippen LogP contribution in [-0.4, -0.2) is 33.6 Å². The van der Waals surface area contributed by atoms with Crippen LogP contribution < -0.4 is 15.4 Å². The number of benzene rings is 1. The summed E-state index contributed by atoms with van der Waals surface area (Å²) >= 11 is 0. The van der Waals surface area contributed by atoms with Crippen LogP contribution in [0.2, 0.25) is 0 Å². The van der Waals surface area contributed by atoms with Crippen LogP contribution >= 0.6 is 0 Å². The second-order valence-electron chi connectivity index (χ2n) is 4.46. The van der Waals surface area contributed by atoms with Crippen LogP contribution in [0.5, 0.6) is 5.75 Å². The summed E-state index contributed by atoms with van der Waals surface area (Å²) in [5, 5.41) is 11.9. The molecule has 8 heteroatoms. The Balaban J connectivity index is 1.77. The molecule has 0 unspecified atom stereocenters. The second kappa shape index (κ2) is 5.23. The topological polar surface area (TPSA) is 109 Å². The van der Waals surface area contributed by atoms with Crippen molar-refractivity contribution < 1.29 is 14.3 Å². The largest absolute Gasteiger partial charge is 0.482 e. The van der Waals surface area contributed by atoms with Gasteiger partial charge in [-0.05, 0) is 18.2 Å². The lowest BCUT2D eigenvalue weighted by Gasteiger charge is -2.18. The number of aryl methyl sites for hydroxylation is 1. The van der Waals surface area contributed by atoms with Crippen LogP contribution in [0.3, 0.4) is 0 Å². The molecule has 0 bridgehead atoms. The number of fused-ring (bicyclic) bond motifs is 1. The normalized spacial score (nSPS) is 13.1. The fraction of sp³-hybridized carbons (Fsp3) is 0.231. The van der Waals surface area contributed by atoms with Gasteiger partial charge < -0.3 is 15.4 Å². The minimum atomic E-state index is -0.422. The number of nitrogens with zero attached hydrogens (tertiary/aromatic N) is 2. The maximum Gasteiger partial charge on any atom is 0.295 e. The number of H-pyrrole nitrogens is 1. The van der Waals surface area contributed by atoms with E-state index in [4.69, 9.17) is 4.74 Å². The summed E-state index contributed by atoms with van der Waals surface area (Å²) in [6.07, 6.45) is 0.669. The molecule has 0 saturated carbocycles. The van der Waals surface area contributed by atoms with Crippen LogP contribution in [0.1, 0.15) is 23.4 Å². The van der Waals surface area contributed by atoms with Gasteiger partial charge in [-0.1, -0.05) is 6.92 Å². The number of hydrogen-bond donors (Lipinski definition) is 3. The fourth-order valence-corrected chi connectivity index (χ4v) is 1.90. The minimum absolute atomic E-state index is 0.00428. The van der Waals surface area contributed by atoms with Crippen LogP contribution in [0.25, 0.3) is 0 Å². The van der Waals surface area contributed by atoms with Crippen molar-refractivity contribution in [3.05, 3.63) is 29.8 Å². The number of ether oxygens (including phenoxy) is 1. The number of carbonyl (C=O) groups is 2. The van der Waals surface area contributed by atoms with Crippen molar-refractivity contribution in [2.24, 2.45) is 0 Å². The lowest BCUT2D eigenvalue weighted by Crippen LogP contribution is -2.25. The van der Waals surface area contributed by atoms with Crippen LogP contribution in [0, 0.1) is 0 Å². The predicted molar refractivity (Wildman–Crippen MR) is 74.3 cm³/mol. The highest BCUT2D eigenvalue weighted by atomic mass is 16.5. The van der Waals surface area contributed by atoms with Crippen LogP contribution in [0.4, 0.5) is 11.4 Å². The third-order valence-electron chi connectivity index (χ3n) is 2.94. The lowest BCUT2D eigenvalue weighted by atomic mass is 10.2. The summed E-state index contributed by atoms with van der Waals surface area (Å²) in [6, 6.07) is 4.99. The first kappa shape index (κ1) is 13.1. The molecular formula is C13H13N5O3. The zero-order valence-corrected chi connectivity index (χ0v) is 11.3. The van der Waals surface area contributed by atoms with Crippen molar-refractivity contribution in [3.63, 3.8) is 0 Å². The first-order valence-corrected chi connectivity index (χ1v) is 6.45. The molecule has 2 heterocycles. The van der Waals surface area contributed by atoms with Crippen molar-refractivity contribution in [2.45, 2.75) is 13.3 Å². The molecule has 108 valence electrons. The molecule has 1 aliphatic rings. The Labute approximate surface area is 119 Å². The van der Waals surface area contributed by atoms with E-state index in [9.17, 15) is 9.59 Å². The summed E-state index contributed by atoms with van der Waals surface area (Å²) in [4.78, 5) is 27.3. The van der Waals surface area contributed by atoms with E-state index < -0.39 is 5.91 Å². The monoisotopic (exact) mass is 287 g/mol. The van der Waals surface area contributed by atoms with Gasteiger partial charge in [0.2, 0.25) is 5.82 Å². The number of amides is 2. The van der Waals surface area contributed by atoms with Crippen LogP contribution in [-0.2, 0) is 11.2 Å². The SMILES string of the molecule is CCc1nc(C(=O)Nc2ccc3c(c2)NC(=O)CO3)n[nH]1. The number of hydrogen-bond acceptors (Lipinski definition) is 5. The molecule has 1 aromatic heterocycles. The Hall–Kier alpha value is -2.90. The van der Waals surface area contributed by atoms with E-state index in [-0.39, 0.29) is 18.3 Å². The number of aromatic amines is 1. The third-order valence-corrected chi connectivity index (χ3v) is 2.94. The Morgan fingerprint density at radius 2 is 2.33 bits per heavy atom. The van der Waals surface area contributed by atoms with Gasteiger partial charge in [-0.2, -0.15) is 0 Å². The Bertz CT molecular complexity index is 710. The summed E-state index contributed by atoms with van der Waals surface area (Å²) in [6.45, 7) is 1.91. The number of nitrogens with one attached hydrogen (secondary N) is 3. The quantitative estimate of drug-likeness (QED) is 0.778. The highest BCUT2D eigenvalue weighted by Gasteiger charge is 2.17. The van der Waals surface area contributed by atoms with E-state index in [2.05, 4.69) is 25.8 Å². The predicted octanol–water partition coefficient (Wildman–Crippen LogP) is 0.950. The van der Waals surface area contributed by atoms with Crippen molar-refractivity contribution in [1.82, 2.24) is 15.2 Å². The maximum atomic E-state index is 12.0. The molecule has 0 spiro atoms. The van der Waals surface area contributed by atoms with E-state index in [1.54, 1.807) is 18.2 Å². The van der Waals surface area contributed by atoms with E-state index in [1.165, 1.54) is 0 Å². The summed E-state index contributed by atoms with van der Waals surface area (Å²) in [5.74, 6) is 0.636. The second-order valence-corrected chi connectivity index (χ2v) is 4.46. The zero-order chi connectivity index (χ0) is 14.8. The molecule has 0 aliphatic carbocycles. The van der Waals surface area contributed by atoms with E-state index in [1.807, 2.05) is 6.92 Å². The summed E-state index contributed by atoms with van der Waals surface area (Å²) in [7, 11) is 0. The average molecular weight is 287 g/mol. The van der Waals surface area contributed by atoms with Gasteiger partial charge in [0.05, 0.1) is 5.69 Å². The lowest BCUT2D eigenvalue weighted by molar-refractivity contribution is -0.118. The molecule has 0 fully saturated rings. The summed E-state index contributed by atoms with van der Waals surface area (Å²) in [5.41, 5.74) is 1.04. The van der Waals surface area contributed by atoms with Gasteiger partial charge in [-0.25, -0.2) is 4.98 Å². The molecule has 0 atom stereocenters. The minimum Gasteiger partial charge on any atom is -0.482 e. The maximum absolute atomic E-state index is 12.0. The highest BCUT2D eigenvalue weighted by Crippen LogP contribution is 2.30. The van der Waals surface area contributed by atoms with Crippen molar-refractivity contribution in [3.8, 4) is 5.75 Å². The van der Waals surface area contributed by atoms with Crippen molar-refractivity contribution in [1.29, 1.82) is 0 Å². The third kappa shape index (κ3) is 2.69. The first-order valence-electron chi connectivity index (χ1n) is 6.45. The van der Waals surface area contributed by atoms with Gasteiger partial charge in [-0.15, -0.1) is 5.10 Å². The van der Waals surface area contributed by atoms with Gasteiger partial charge in [0.15, 0.2) is 6.61 Å². The molecule has 21 heavy (non-hydrogen) atoms. The van der Waals surface area contributed by atoms with E-state index >= 15 is 0 Å². The standard InChI is InChI=1S/C13H13N5O3/c1-2-10-16-12(18-17-10)13(20)14-7-3-4-9-8(5-7)15-11(19)6-21-9/h3-5H,2,6H2,1H3,(H,14,20)(H,15,19)(H,16,17,18). The molecular weight excluding hydrogens is 274 g/mol. The van der Waals surface area contributed by atoms with Gasteiger partial charge in [0.1, 0.15) is 11.6 Å². The van der Waals surface area contributed by atoms with Gasteiger partial charge in [0.25, 0.3) is 11.8 Å². The average Bonchev–Trinajstić information content (AvgIpc) is 2.96. The Kier molecular flexibility index (Phi) is 3.27. The molecule has 1 aliphatic heterocycles. The number of anilines is 2. The Morgan fingerprint density at radius 1 is 1.48 bits per heavy atom. The molecule has 0 radical (unpaired) electrons.